The fourth-order valence-electron chi connectivity index (χ4n) is 3.85. The molecule has 1 aromatic carbocycles. The van der Waals surface area contributed by atoms with Gasteiger partial charge in [0, 0.05) is 33.3 Å². The lowest BCUT2D eigenvalue weighted by atomic mass is 9.89. The molecule has 0 fully saturated rings. The third kappa shape index (κ3) is 4.40. The molecule has 6 nitrogen and oxygen atoms in total. The van der Waals surface area contributed by atoms with Gasteiger partial charge in [-0.15, -0.1) is 0 Å². The van der Waals surface area contributed by atoms with Crippen molar-refractivity contribution in [3.05, 3.63) is 46.2 Å². The lowest BCUT2D eigenvalue weighted by molar-refractivity contribution is -0.142. The summed E-state index contributed by atoms with van der Waals surface area (Å²) >= 11 is 6.23. The van der Waals surface area contributed by atoms with Gasteiger partial charge in [0.2, 0.25) is 0 Å². The second kappa shape index (κ2) is 8.87. The van der Waals surface area contributed by atoms with Gasteiger partial charge in [0.1, 0.15) is 5.75 Å². The van der Waals surface area contributed by atoms with Gasteiger partial charge in [-0.3, -0.25) is 4.79 Å². The molecule has 0 bridgehead atoms. The summed E-state index contributed by atoms with van der Waals surface area (Å²) in [6.07, 6.45) is 1.46. The van der Waals surface area contributed by atoms with Gasteiger partial charge in [-0.2, -0.15) is 5.10 Å². The number of carbonyl (C=O) groups excluding carboxylic acids is 1. The van der Waals surface area contributed by atoms with Crippen molar-refractivity contribution in [2.45, 2.75) is 58.8 Å². The van der Waals surface area contributed by atoms with Crippen LogP contribution in [0.5, 0.6) is 5.75 Å². The molecule has 3 rings (SSSR count). The highest BCUT2D eigenvalue weighted by Gasteiger charge is 2.31. The summed E-state index contributed by atoms with van der Waals surface area (Å²) < 4.78 is 12.6. The first-order valence-electron chi connectivity index (χ1n) is 10.4. The van der Waals surface area contributed by atoms with Crippen LogP contribution in [0, 0.1) is 6.92 Å². The summed E-state index contributed by atoms with van der Waals surface area (Å²) in [5.41, 5.74) is 4.61. The van der Waals surface area contributed by atoms with Crippen molar-refractivity contribution in [3.8, 4) is 17.0 Å². The predicted octanol–water partition coefficient (Wildman–Crippen LogP) is 5.72. The molecule has 1 atom stereocenters. The Kier molecular flexibility index (Phi) is 6.60. The molecule has 0 N–H and O–H groups in total. The minimum absolute atomic E-state index is 0.158. The maximum atomic E-state index is 12.8. The molecule has 0 aliphatic heterocycles. The van der Waals surface area contributed by atoms with Gasteiger partial charge in [-0.05, 0) is 31.5 Å². The van der Waals surface area contributed by atoms with Crippen LogP contribution in [0.1, 0.15) is 63.4 Å². The number of nitrogens with zero attached hydrogens (tertiary/aromatic N) is 3. The van der Waals surface area contributed by atoms with Crippen LogP contribution < -0.4 is 4.74 Å². The average Bonchev–Trinajstić information content (AvgIpc) is 3.15. The van der Waals surface area contributed by atoms with Crippen molar-refractivity contribution in [2.75, 3.05) is 14.2 Å². The molecule has 31 heavy (non-hydrogen) atoms. The largest absolute Gasteiger partial charge is 0.496 e. The first kappa shape index (κ1) is 23.1. The van der Waals surface area contributed by atoms with E-state index in [-0.39, 0.29) is 11.4 Å². The highest BCUT2D eigenvalue weighted by atomic mass is 35.5. The molecule has 0 saturated heterocycles. The van der Waals surface area contributed by atoms with Crippen LogP contribution in [0.3, 0.4) is 0 Å². The van der Waals surface area contributed by atoms with Crippen LogP contribution in [0.4, 0.5) is 0 Å². The number of hydrogen-bond donors (Lipinski definition) is 0. The summed E-state index contributed by atoms with van der Waals surface area (Å²) in [5, 5.41) is 5.47. The number of aromatic nitrogens is 3. The molecule has 0 aliphatic carbocycles. The monoisotopic (exact) mass is 443 g/mol. The van der Waals surface area contributed by atoms with Gasteiger partial charge in [-0.25, -0.2) is 9.50 Å². The number of aryl methyl sites for hydroxylation is 1. The molecule has 0 radical (unpaired) electrons. The third-order valence-electron chi connectivity index (χ3n) is 5.43. The second-order valence-corrected chi connectivity index (χ2v) is 9.15. The molecule has 1 unspecified atom stereocenters. The smallest absolute Gasteiger partial charge is 0.313 e. The average molecular weight is 444 g/mol. The van der Waals surface area contributed by atoms with Crippen molar-refractivity contribution in [1.82, 2.24) is 14.6 Å². The normalized spacial score (nSPS) is 12.8. The number of halogens is 1. The maximum Gasteiger partial charge on any atom is 0.313 e. The number of esters is 1. The molecule has 0 amide bonds. The fourth-order valence-corrected chi connectivity index (χ4v) is 4.01. The predicted molar refractivity (Wildman–Crippen MR) is 123 cm³/mol. The Morgan fingerprint density at radius 3 is 2.52 bits per heavy atom. The fraction of sp³-hybridized carbons (Fsp3) is 0.458. The van der Waals surface area contributed by atoms with Gasteiger partial charge in [-0.1, -0.05) is 45.7 Å². The molecule has 0 aliphatic rings. The van der Waals surface area contributed by atoms with Crippen LogP contribution in [-0.2, 0) is 14.9 Å². The molecule has 166 valence electrons. The molecular weight excluding hydrogens is 414 g/mol. The molecule has 0 saturated carbocycles. The van der Waals surface area contributed by atoms with Crippen molar-refractivity contribution in [1.29, 1.82) is 0 Å². The lowest BCUT2D eigenvalue weighted by Crippen LogP contribution is -2.19. The quantitative estimate of drug-likeness (QED) is 0.456. The van der Waals surface area contributed by atoms with Gasteiger partial charge in [0.25, 0.3) is 0 Å². The number of methoxy groups -OCH3 is 2. The SMILES string of the molecule is CCCC(C(=O)OC)c1c(C)nc2cc(C(C)(C)C)nn2c1-c1ccc(Cl)cc1OC. The Balaban J connectivity index is 2.47. The number of rotatable bonds is 6. The molecule has 3 aromatic rings. The second-order valence-electron chi connectivity index (χ2n) is 8.72. The summed E-state index contributed by atoms with van der Waals surface area (Å²) in [5.74, 6) is -0.151. The Hall–Kier alpha value is -2.60. The topological polar surface area (TPSA) is 65.7 Å². The van der Waals surface area contributed by atoms with Crippen molar-refractivity contribution in [2.24, 2.45) is 0 Å². The van der Waals surface area contributed by atoms with Crippen LogP contribution in [0.15, 0.2) is 24.3 Å². The van der Waals surface area contributed by atoms with E-state index in [4.69, 9.17) is 31.2 Å². The molecule has 0 spiro atoms. The summed E-state index contributed by atoms with van der Waals surface area (Å²) in [6, 6.07) is 7.47. The first-order valence-corrected chi connectivity index (χ1v) is 10.8. The van der Waals surface area contributed by atoms with Crippen molar-refractivity contribution < 1.29 is 14.3 Å². The van der Waals surface area contributed by atoms with E-state index in [2.05, 4.69) is 20.8 Å². The van der Waals surface area contributed by atoms with Crippen LogP contribution >= 0.6 is 11.6 Å². The van der Waals surface area contributed by atoms with E-state index in [0.29, 0.717) is 17.2 Å². The van der Waals surface area contributed by atoms with Crippen LogP contribution in [0.25, 0.3) is 16.9 Å². The van der Waals surface area contributed by atoms with E-state index >= 15 is 0 Å². The number of carbonyl (C=O) groups is 1. The van der Waals surface area contributed by atoms with E-state index in [1.165, 1.54) is 7.11 Å². The third-order valence-corrected chi connectivity index (χ3v) is 5.66. The van der Waals surface area contributed by atoms with E-state index in [1.807, 2.05) is 36.6 Å². The number of hydrogen-bond acceptors (Lipinski definition) is 5. The van der Waals surface area contributed by atoms with E-state index in [9.17, 15) is 4.79 Å². The van der Waals surface area contributed by atoms with Gasteiger partial charge in [0.05, 0.1) is 31.5 Å². The Labute approximate surface area is 188 Å². The van der Waals surface area contributed by atoms with E-state index in [0.717, 1.165) is 40.3 Å². The summed E-state index contributed by atoms with van der Waals surface area (Å²) in [7, 11) is 3.02. The Bertz CT molecular complexity index is 1120. The van der Waals surface area contributed by atoms with Gasteiger partial charge < -0.3 is 9.47 Å². The highest BCUT2D eigenvalue weighted by Crippen LogP contribution is 2.40. The zero-order valence-electron chi connectivity index (χ0n) is 19.2. The Morgan fingerprint density at radius 2 is 1.94 bits per heavy atom. The number of ether oxygens (including phenoxy) is 2. The minimum atomic E-state index is -0.468. The molecular formula is C24H30ClN3O3. The summed E-state index contributed by atoms with van der Waals surface area (Å²) in [6.45, 7) is 10.3. The summed E-state index contributed by atoms with van der Waals surface area (Å²) in [4.78, 5) is 17.6. The molecule has 2 aromatic heterocycles. The van der Waals surface area contributed by atoms with Gasteiger partial charge >= 0.3 is 5.97 Å². The van der Waals surface area contributed by atoms with Crippen molar-refractivity contribution >= 4 is 23.2 Å². The van der Waals surface area contributed by atoms with E-state index in [1.54, 1.807) is 13.2 Å². The lowest BCUT2D eigenvalue weighted by Gasteiger charge is -2.22. The van der Waals surface area contributed by atoms with E-state index < -0.39 is 5.92 Å². The van der Waals surface area contributed by atoms with Crippen LogP contribution in [-0.4, -0.2) is 34.8 Å². The maximum absolute atomic E-state index is 12.8. The minimum Gasteiger partial charge on any atom is -0.496 e. The molecule has 7 heteroatoms. The number of fused-ring (bicyclic) bond motifs is 1. The zero-order chi connectivity index (χ0) is 22.9. The highest BCUT2D eigenvalue weighted by molar-refractivity contribution is 6.30. The number of benzene rings is 1. The zero-order valence-corrected chi connectivity index (χ0v) is 20.0. The van der Waals surface area contributed by atoms with Crippen molar-refractivity contribution in [3.63, 3.8) is 0 Å². The van der Waals surface area contributed by atoms with Crippen LogP contribution in [0.2, 0.25) is 5.02 Å². The van der Waals surface area contributed by atoms with Gasteiger partial charge in [0.15, 0.2) is 5.65 Å². The Morgan fingerprint density at radius 1 is 1.23 bits per heavy atom. The molecule has 2 heterocycles. The standard InChI is InChI=1S/C24H30ClN3O3/c1-8-9-17(23(29)31-7)21-14(2)26-20-13-19(24(3,4)5)27-28(20)22(21)16-11-10-15(25)12-18(16)30-6/h10-13,17H,8-9H2,1-7H3. The first-order chi connectivity index (χ1) is 14.6.